The molecule has 0 aliphatic carbocycles. The second-order valence-corrected chi connectivity index (χ2v) is 4.96. The van der Waals surface area contributed by atoms with Crippen molar-refractivity contribution in [3.05, 3.63) is 0 Å². The van der Waals surface area contributed by atoms with Crippen LogP contribution in [0, 0.1) is 5.92 Å². The molecule has 0 fully saturated rings. The minimum Gasteiger partial charge on any atom is -0.480 e. The van der Waals surface area contributed by atoms with Gasteiger partial charge in [-0.2, -0.15) is 0 Å². The van der Waals surface area contributed by atoms with Gasteiger partial charge in [-0.1, -0.05) is 13.8 Å². The van der Waals surface area contributed by atoms with Crippen molar-refractivity contribution in [3.63, 3.8) is 0 Å². The molecule has 0 amide bonds. The highest BCUT2D eigenvalue weighted by molar-refractivity contribution is 5.78. The molecule has 0 rings (SSSR count). The molecule has 2 atom stereocenters. The molecule has 2 N–H and O–H groups in total. The predicted octanol–water partition coefficient (Wildman–Crippen LogP) is 1.89. The summed E-state index contributed by atoms with van der Waals surface area (Å²) in [4.78, 5) is 11.1. The van der Waals surface area contributed by atoms with Crippen molar-refractivity contribution in [2.45, 2.75) is 52.2 Å². The molecule has 0 bridgehead atoms. The summed E-state index contributed by atoms with van der Waals surface area (Å²) in [6, 6.07) is 0. The average Bonchev–Trinajstić information content (AvgIpc) is 2.16. The van der Waals surface area contributed by atoms with Crippen LogP contribution in [-0.2, 0) is 9.53 Å². The number of ether oxygens (including phenoxy) is 1. The Kier molecular flexibility index (Phi) is 6.60. The topological polar surface area (TPSA) is 58.6 Å². The summed E-state index contributed by atoms with van der Waals surface area (Å²) in [7, 11) is 1.66. The summed E-state index contributed by atoms with van der Waals surface area (Å²) < 4.78 is 5.60. The van der Waals surface area contributed by atoms with Crippen molar-refractivity contribution in [2.24, 2.45) is 5.92 Å². The van der Waals surface area contributed by atoms with Crippen LogP contribution in [0.1, 0.15) is 40.5 Å². The highest BCUT2D eigenvalue weighted by Crippen LogP contribution is 2.15. The first kappa shape index (κ1) is 15.4. The minimum absolute atomic E-state index is 0.0488. The van der Waals surface area contributed by atoms with Crippen LogP contribution in [-0.4, -0.2) is 36.4 Å². The molecule has 4 heteroatoms. The Bertz CT molecular complexity index is 218. The van der Waals surface area contributed by atoms with Gasteiger partial charge in [-0.25, -0.2) is 0 Å². The second-order valence-electron chi connectivity index (χ2n) is 4.96. The van der Waals surface area contributed by atoms with Gasteiger partial charge in [-0.3, -0.25) is 4.79 Å². The third-order valence-electron chi connectivity index (χ3n) is 2.82. The molecule has 0 spiro atoms. The van der Waals surface area contributed by atoms with Gasteiger partial charge in [0, 0.05) is 13.0 Å². The lowest BCUT2D eigenvalue weighted by molar-refractivity contribution is -0.145. The fraction of sp³-hybridized carbons (Fsp3) is 0.917. The Labute approximate surface area is 98.4 Å². The average molecular weight is 231 g/mol. The van der Waals surface area contributed by atoms with Gasteiger partial charge in [0.05, 0.1) is 6.10 Å². The number of aliphatic carboxylic acids is 1. The van der Waals surface area contributed by atoms with E-state index in [0.29, 0.717) is 18.9 Å². The molecule has 0 saturated heterocycles. The fourth-order valence-corrected chi connectivity index (χ4v) is 1.44. The Morgan fingerprint density at radius 3 is 2.38 bits per heavy atom. The van der Waals surface area contributed by atoms with Gasteiger partial charge >= 0.3 is 5.97 Å². The van der Waals surface area contributed by atoms with Crippen molar-refractivity contribution >= 4 is 5.97 Å². The van der Waals surface area contributed by atoms with Gasteiger partial charge in [0.15, 0.2) is 0 Å². The standard InChI is InChI=1S/C12H25NO3/c1-9(2)6-7-16-10(3)8-12(4,13-5)11(14)15/h9-10,13H,6-8H2,1-5H3,(H,14,15). The SMILES string of the molecule is CNC(C)(CC(C)OCCC(C)C)C(=O)O. The van der Waals surface area contributed by atoms with Crippen LogP contribution in [0.4, 0.5) is 0 Å². The number of carboxylic acid groups (broad SMARTS) is 1. The molecule has 0 aliphatic heterocycles. The Balaban J connectivity index is 4.02. The number of likely N-dealkylation sites (N-methyl/N-ethyl adjacent to an activating group) is 1. The molecular formula is C12H25NO3. The molecular weight excluding hydrogens is 206 g/mol. The molecule has 16 heavy (non-hydrogen) atoms. The normalized spacial score (nSPS) is 17.1. The van der Waals surface area contributed by atoms with Gasteiger partial charge in [-0.05, 0) is 33.2 Å². The zero-order valence-corrected chi connectivity index (χ0v) is 11.0. The first-order valence-corrected chi connectivity index (χ1v) is 5.85. The summed E-state index contributed by atoms with van der Waals surface area (Å²) in [5, 5.41) is 11.9. The van der Waals surface area contributed by atoms with Crippen molar-refractivity contribution in [2.75, 3.05) is 13.7 Å². The summed E-state index contributed by atoms with van der Waals surface area (Å²) in [5.74, 6) is -0.225. The summed E-state index contributed by atoms with van der Waals surface area (Å²) in [6.45, 7) is 8.57. The lowest BCUT2D eigenvalue weighted by Crippen LogP contribution is -2.49. The summed E-state index contributed by atoms with van der Waals surface area (Å²) in [6.07, 6.45) is 1.43. The maximum atomic E-state index is 11.1. The van der Waals surface area contributed by atoms with Crippen LogP contribution in [0.15, 0.2) is 0 Å². The molecule has 0 aliphatic rings. The molecule has 2 unspecified atom stereocenters. The summed E-state index contributed by atoms with van der Waals surface area (Å²) >= 11 is 0. The smallest absolute Gasteiger partial charge is 0.323 e. The van der Waals surface area contributed by atoms with E-state index in [9.17, 15) is 4.79 Å². The number of carbonyl (C=O) groups is 1. The Morgan fingerprint density at radius 2 is 2.00 bits per heavy atom. The van der Waals surface area contributed by atoms with E-state index in [4.69, 9.17) is 9.84 Å². The number of carboxylic acids is 1. The first-order valence-electron chi connectivity index (χ1n) is 5.85. The molecule has 0 aromatic heterocycles. The molecule has 96 valence electrons. The third kappa shape index (κ3) is 5.47. The number of rotatable bonds is 8. The van der Waals surface area contributed by atoms with E-state index in [-0.39, 0.29) is 6.10 Å². The maximum Gasteiger partial charge on any atom is 0.323 e. The van der Waals surface area contributed by atoms with Crippen LogP contribution in [0.5, 0.6) is 0 Å². The van der Waals surface area contributed by atoms with Crippen LogP contribution < -0.4 is 5.32 Å². The van der Waals surface area contributed by atoms with Crippen LogP contribution in [0.2, 0.25) is 0 Å². The van der Waals surface area contributed by atoms with Gasteiger partial charge in [0.2, 0.25) is 0 Å². The monoisotopic (exact) mass is 231 g/mol. The van der Waals surface area contributed by atoms with Crippen LogP contribution >= 0.6 is 0 Å². The molecule has 4 nitrogen and oxygen atoms in total. The van der Waals surface area contributed by atoms with E-state index in [1.165, 1.54) is 0 Å². The largest absolute Gasteiger partial charge is 0.480 e. The number of hydrogen-bond donors (Lipinski definition) is 2. The highest BCUT2D eigenvalue weighted by atomic mass is 16.5. The molecule has 0 heterocycles. The van der Waals surface area contributed by atoms with Crippen molar-refractivity contribution in [3.8, 4) is 0 Å². The highest BCUT2D eigenvalue weighted by Gasteiger charge is 2.33. The van der Waals surface area contributed by atoms with Crippen molar-refractivity contribution in [1.29, 1.82) is 0 Å². The Morgan fingerprint density at radius 1 is 1.44 bits per heavy atom. The van der Waals surface area contributed by atoms with Crippen LogP contribution in [0.25, 0.3) is 0 Å². The lowest BCUT2D eigenvalue weighted by Gasteiger charge is -2.27. The number of hydrogen-bond acceptors (Lipinski definition) is 3. The van der Waals surface area contributed by atoms with E-state index in [0.717, 1.165) is 6.42 Å². The van der Waals surface area contributed by atoms with E-state index < -0.39 is 11.5 Å². The van der Waals surface area contributed by atoms with Gasteiger partial charge in [0.25, 0.3) is 0 Å². The minimum atomic E-state index is -0.906. The quantitative estimate of drug-likeness (QED) is 0.670. The van der Waals surface area contributed by atoms with E-state index in [1.807, 2.05) is 6.92 Å². The van der Waals surface area contributed by atoms with E-state index >= 15 is 0 Å². The third-order valence-corrected chi connectivity index (χ3v) is 2.82. The fourth-order valence-electron chi connectivity index (χ4n) is 1.44. The van der Waals surface area contributed by atoms with Gasteiger partial charge < -0.3 is 15.2 Å². The first-order chi connectivity index (χ1) is 7.31. The molecule has 0 aromatic rings. The lowest BCUT2D eigenvalue weighted by atomic mass is 9.95. The molecule has 0 aromatic carbocycles. The molecule has 0 saturated carbocycles. The van der Waals surface area contributed by atoms with Crippen molar-refractivity contribution < 1.29 is 14.6 Å². The second kappa shape index (κ2) is 6.86. The molecule has 0 radical (unpaired) electrons. The zero-order valence-electron chi connectivity index (χ0n) is 11.0. The summed E-state index contributed by atoms with van der Waals surface area (Å²) in [5.41, 5.74) is -0.906. The van der Waals surface area contributed by atoms with E-state index in [1.54, 1.807) is 14.0 Å². The predicted molar refractivity (Wildman–Crippen MR) is 64.6 cm³/mol. The van der Waals surface area contributed by atoms with E-state index in [2.05, 4.69) is 19.2 Å². The number of nitrogens with one attached hydrogen (secondary N) is 1. The van der Waals surface area contributed by atoms with Crippen molar-refractivity contribution in [1.82, 2.24) is 5.32 Å². The maximum absolute atomic E-state index is 11.1. The van der Waals surface area contributed by atoms with Gasteiger partial charge in [0.1, 0.15) is 5.54 Å². The van der Waals surface area contributed by atoms with Gasteiger partial charge in [-0.15, -0.1) is 0 Å². The Hall–Kier alpha value is -0.610. The zero-order chi connectivity index (χ0) is 12.8. The van der Waals surface area contributed by atoms with Crippen LogP contribution in [0.3, 0.4) is 0 Å².